The summed E-state index contributed by atoms with van der Waals surface area (Å²) in [6.45, 7) is 10.5. The molecule has 1 aliphatic heterocycles. The van der Waals surface area contributed by atoms with E-state index in [1.165, 1.54) is 31.7 Å². The van der Waals surface area contributed by atoms with Gasteiger partial charge in [-0.1, -0.05) is 6.07 Å². The number of rotatable bonds is 5. The third kappa shape index (κ3) is 8.47. The molecule has 2 heterocycles. The zero-order valence-electron chi connectivity index (χ0n) is 16.8. The van der Waals surface area contributed by atoms with E-state index in [2.05, 4.69) is 57.3 Å². The number of nitrogens with one attached hydrogen (secondary N) is 2. The number of aromatic nitrogens is 2. The molecular formula is C19H31N5O4. The summed E-state index contributed by atoms with van der Waals surface area (Å²) in [5.41, 5.74) is 3.48. The van der Waals surface area contributed by atoms with Crippen molar-refractivity contribution in [1.82, 2.24) is 25.1 Å². The van der Waals surface area contributed by atoms with Crippen molar-refractivity contribution in [1.29, 1.82) is 0 Å². The summed E-state index contributed by atoms with van der Waals surface area (Å²) in [5, 5.41) is 17.4. The summed E-state index contributed by atoms with van der Waals surface area (Å²) in [4.78, 5) is 29.4. The van der Waals surface area contributed by atoms with Gasteiger partial charge in [0, 0.05) is 45.3 Å². The van der Waals surface area contributed by atoms with Crippen LogP contribution < -0.4 is 5.32 Å². The molecule has 0 amide bonds. The van der Waals surface area contributed by atoms with Crippen LogP contribution in [0.5, 0.6) is 0 Å². The second-order valence-electron chi connectivity index (χ2n) is 6.77. The van der Waals surface area contributed by atoms with Crippen LogP contribution in [0, 0.1) is 6.92 Å². The minimum absolute atomic E-state index is 0.250. The fourth-order valence-corrected chi connectivity index (χ4v) is 3.07. The van der Waals surface area contributed by atoms with Crippen LogP contribution in [-0.4, -0.2) is 88.7 Å². The molecule has 9 nitrogen and oxygen atoms in total. The van der Waals surface area contributed by atoms with Crippen LogP contribution in [0.4, 0.5) is 0 Å². The van der Waals surface area contributed by atoms with Crippen molar-refractivity contribution >= 4 is 24.0 Å². The summed E-state index contributed by atoms with van der Waals surface area (Å²) >= 11 is 0. The van der Waals surface area contributed by atoms with Gasteiger partial charge >= 0.3 is 0 Å². The predicted molar refractivity (Wildman–Crippen MR) is 108 cm³/mol. The lowest BCUT2D eigenvalue weighted by atomic mass is 10.2. The van der Waals surface area contributed by atoms with Crippen LogP contribution in [-0.2, 0) is 16.1 Å². The molecule has 28 heavy (non-hydrogen) atoms. The van der Waals surface area contributed by atoms with Gasteiger partial charge in [-0.15, -0.1) is 0 Å². The van der Waals surface area contributed by atoms with E-state index in [1.807, 2.05) is 6.92 Å². The SMILES string of the molecule is Cc1nc2ccc(CNC(C)CN3CCN(C)CC3)cc2[nH]1.O=CO.O=CO. The van der Waals surface area contributed by atoms with E-state index in [-0.39, 0.29) is 12.9 Å². The number of carboxylic acid groups (broad SMARTS) is 2. The molecule has 1 fully saturated rings. The van der Waals surface area contributed by atoms with Crippen molar-refractivity contribution < 1.29 is 19.8 Å². The molecular weight excluding hydrogens is 362 g/mol. The first-order valence-electron chi connectivity index (χ1n) is 9.18. The number of nitrogens with zero attached hydrogens (tertiary/aromatic N) is 3. The van der Waals surface area contributed by atoms with Gasteiger partial charge < -0.3 is 25.4 Å². The Labute approximate surface area is 165 Å². The average molecular weight is 393 g/mol. The molecule has 0 saturated carbocycles. The minimum atomic E-state index is -0.250. The van der Waals surface area contributed by atoms with Crippen molar-refractivity contribution in [2.75, 3.05) is 39.8 Å². The summed E-state index contributed by atoms with van der Waals surface area (Å²) in [6, 6.07) is 6.96. The Balaban J connectivity index is 0.000000582. The van der Waals surface area contributed by atoms with E-state index in [0.29, 0.717) is 6.04 Å². The topological polar surface area (TPSA) is 122 Å². The average Bonchev–Trinajstić information content (AvgIpc) is 3.02. The Hall–Kier alpha value is -2.49. The number of fused-ring (bicyclic) bond motifs is 1. The smallest absolute Gasteiger partial charge is 0.290 e. The van der Waals surface area contributed by atoms with Gasteiger partial charge in [0.2, 0.25) is 0 Å². The van der Waals surface area contributed by atoms with Gasteiger partial charge in [0.25, 0.3) is 12.9 Å². The molecule has 0 aliphatic carbocycles. The second-order valence-corrected chi connectivity index (χ2v) is 6.77. The van der Waals surface area contributed by atoms with E-state index >= 15 is 0 Å². The van der Waals surface area contributed by atoms with Crippen LogP contribution in [0.25, 0.3) is 11.0 Å². The highest BCUT2D eigenvalue weighted by molar-refractivity contribution is 5.75. The summed E-state index contributed by atoms with van der Waals surface area (Å²) in [5.74, 6) is 0.976. The van der Waals surface area contributed by atoms with Crippen molar-refractivity contribution in [3.63, 3.8) is 0 Å². The molecule has 1 aliphatic rings. The molecule has 1 unspecified atom stereocenters. The number of aromatic amines is 1. The fraction of sp³-hybridized carbons (Fsp3) is 0.526. The fourth-order valence-electron chi connectivity index (χ4n) is 3.07. The Morgan fingerprint density at radius 3 is 2.43 bits per heavy atom. The molecule has 156 valence electrons. The van der Waals surface area contributed by atoms with Gasteiger partial charge in [-0.2, -0.15) is 0 Å². The van der Waals surface area contributed by atoms with Crippen molar-refractivity contribution in [3.8, 4) is 0 Å². The molecule has 3 rings (SSSR count). The number of benzene rings is 1. The zero-order valence-corrected chi connectivity index (χ0v) is 16.8. The van der Waals surface area contributed by atoms with Crippen LogP contribution in [0.15, 0.2) is 18.2 Å². The number of imidazole rings is 1. The number of likely N-dealkylation sites (N-methyl/N-ethyl adjacent to an activating group) is 1. The highest BCUT2D eigenvalue weighted by Crippen LogP contribution is 2.13. The van der Waals surface area contributed by atoms with Gasteiger partial charge in [-0.25, -0.2) is 4.98 Å². The van der Waals surface area contributed by atoms with Crippen LogP contribution in [0.1, 0.15) is 18.3 Å². The van der Waals surface area contributed by atoms with Crippen molar-refractivity contribution in [2.45, 2.75) is 26.4 Å². The molecule has 0 spiro atoms. The van der Waals surface area contributed by atoms with Gasteiger partial charge in [0.1, 0.15) is 5.82 Å². The molecule has 9 heteroatoms. The van der Waals surface area contributed by atoms with Crippen LogP contribution in [0.3, 0.4) is 0 Å². The molecule has 0 bridgehead atoms. The lowest BCUT2D eigenvalue weighted by molar-refractivity contribution is -0.123. The first-order chi connectivity index (χ1) is 13.4. The van der Waals surface area contributed by atoms with Crippen molar-refractivity contribution in [2.24, 2.45) is 0 Å². The van der Waals surface area contributed by atoms with E-state index in [4.69, 9.17) is 19.8 Å². The van der Waals surface area contributed by atoms with E-state index in [9.17, 15) is 0 Å². The molecule has 2 aromatic rings. The molecule has 0 radical (unpaired) electrons. The number of piperazine rings is 1. The number of H-pyrrole nitrogens is 1. The first kappa shape index (κ1) is 23.5. The largest absolute Gasteiger partial charge is 0.483 e. The first-order valence-corrected chi connectivity index (χ1v) is 9.18. The number of aryl methyl sites for hydroxylation is 1. The standard InChI is InChI=1S/C17H27N5.2CH2O2/c1-13(12-22-8-6-21(3)7-9-22)18-11-15-4-5-16-17(10-15)20-14(2)19-16;2*2-1-3/h4-5,10,13,18H,6-9,11-12H2,1-3H3,(H,19,20);2*1H,(H,2,3). The van der Waals surface area contributed by atoms with Gasteiger partial charge in [-0.3, -0.25) is 14.5 Å². The summed E-state index contributed by atoms with van der Waals surface area (Å²) in [7, 11) is 2.20. The Kier molecular flexibility index (Phi) is 10.8. The Bertz CT molecular complexity index is 707. The second kappa shape index (κ2) is 12.8. The summed E-state index contributed by atoms with van der Waals surface area (Å²) < 4.78 is 0. The number of carbonyl (C=O) groups is 2. The predicted octanol–water partition coefficient (Wildman–Crippen LogP) is 0.998. The minimum Gasteiger partial charge on any atom is -0.483 e. The maximum Gasteiger partial charge on any atom is 0.290 e. The number of hydrogen-bond acceptors (Lipinski definition) is 6. The van der Waals surface area contributed by atoms with Gasteiger partial charge in [0.05, 0.1) is 11.0 Å². The summed E-state index contributed by atoms with van der Waals surface area (Å²) in [6.07, 6.45) is 0. The molecule has 4 N–H and O–H groups in total. The van der Waals surface area contributed by atoms with Gasteiger partial charge in [-0.05, 0) is 38.6 Å². The van der Waals surface area contributed by atoms with Gasteiger partial charge in [0.15, 0.2) is 0 Å². The molecule has 1 aromatic carbocycles. The Morgan fingerprint density at radius 2 is 1.82 bits per heavy atom. The lowest BCUT2D eigenvalue weighted by Crippen LogP contribution is -2.48. The maximum absolute atomic E-state index is 8.36. The molecule has 1 saturated heterocycles. The van der Waals surface area contributed by atoms with Crippen molar-refractivity contribution in [3.05, 3.63) is 29.6 Å². The normalized spacial score (nSPS) is 15.7. The highest BCUT2D eigenvalue weighted by atomic mass is 16.3. The molecule has 1 atom stereocenters. The van der Waals surface area contributed by atoms with E-state index in [1.54, 1.807) is 0 Å². The third-order valence-corrected chi connectivity index (χ3v) is 4.45. The van der Waals surface area contributed by atoms with Crippen LogP contribution in [0.2, 0.25) is 0 Å². The molecule has 1 aromatic heterocycles. The number of hydrogen-bond donors (Lipinski definition) is 4. The quantitative estimate of drug-likeness (QED) is 0.555. The van der Waals surface area contributed by atoms with E-state index < -0.39 is 0 Å². The van der Waals surface area contributed by atoms with Crippen LogP contribution >= 0.6 is 0 Å². The monoisotopic (exact) mass is 393 g/mol. The van der Waals surface area contributed by atoms with E-state index in [0.717, 1.165) is 29.9 Å². The lowest BCUT2D eigenvalue weighted by Gasteiger charge is -2.34. The highest BCUT2D eigenvalue weighted by Gasteiger charge is 2.15. The Morgan fingerprint density at radius 1 is 1.21 bits per heavy atom. The zero-order chi connectivity index (χ0) is 20.9. The third-order valence-electron chi connectivity index (χ3n) is 4.45. The maximum atomic E-state index is 8.36.